The van der Waals surface area contributed by atoms with E-state index in [0.717, 1.165) is 65.0 Å². The van der Waals surface area contributed by atoms with Crippen LogP contribution in [0.3, 0.4) is 0 Å². The standard InChI is InChI=1S/C28H24N4/c29-18-24-26(32-14-5-2-6-15-32)17-22(19-8-3-1-4-9-19)21-11-12-25-23(27(21)24)16-20-10-7-13-30-28(20)31-25/h1,3-4,7-10,13,16-17H,2,5-6,11-12,14-15H2. The van der Waals surface area contributed by atoms with Gasteiger partial charge in [0.15, 0.2) is 5.65 Å². The van der Waals surface area contributed by atoms with Crippen molar-refractivity contribution in [3.8, 4) is 28.3 Å². The molecule has 0 unspecified atom stereocenters. The van der Waals surface area contributed by atoms with E-state index < -0.39 is 0 Å². The maximum absolute atomic E-state index is 10.4. The fraction of sp³-hybridized carbons (Fsp3) is 0.250. The zero-order chi connectivity index (χ0) is 21.5. The second-order valence-electron chi connectivity index (χ2n) is 8.73. The van der Waals surface area contributed by atoms with E-state index >= 15 is 0 Å². The van der Waals surface area contributed by atoms with Crippen molar-refractivity contribution in [2.24, 2.45) is 0 Å². The lowest BCUT2D eigenvalue weighted by Crippen LogP contribution is -2.30. The van der Waals surface area contributed by atoms with E-state index in [1.54, 1.807) is 6.20 Å². The molecule has 4 heteroatoms. The molecule has 2 aromatic carbocycles. The number of anilines is 1. The number of aromatic nitrogens is 2. The van der Waals surface area contributed by atoms with Crippen LogP contribution in [0.1, 0.15) is 36.1 Å². The van der Waals surface area contributed by atoms with Gasteiger partial charge in [0.1, 0.15) is 6.07 Å². The molecule has 2 aromatic heterocycles. The number of fused-ring (bicyclic) bond motifs is 4. The van der Waals surface area contributed by atoms with Crippen LogP contribution in [-0.4, -0.2) is 23.1 Å². The highest BCUT2D eigenvalue weighted by Gasteiger charge is 2.28. The molecule has 0 spiro atoms. The van der Waals surface area contributed by atoms with Crippen molar-refractivity contribution in [1.29, 1.82) is 5.26 Å². The highest BCUT2D eigenvalue weighted by atomic mass is 15.1. The van der Waals surface area contributed by atoms with Crippen molar-refractivity contribution in [1.82, 2.24) is 9.97 Å². The van der Waals surface area contributed by atoms with Crippen molar-refractivity contribution in [3.63, 3.8) is 0 Å². The van der Waals surface area contributed by atoms with Crippen LogP contribution in [-0.2, 0) is 12.8 Å². The summed E-state index contributed by atoms with van der Waals surface area (Å²) in [5.41, 5.74) is 9.61. The van der Waals surface area contributed by atoms with Gasteiger partial charge < -0.3 is 4.90 Å². The van der Waals surface area contributed by atoms with Crippen LogP contribution >= 0.6 is 0 Å². The van der Waals surface area contributed by atoms with Crippen molar-refractivity contribution in [2.45, 2.75) is 32.1 Å². The fourth-order valence-electron chi connectivity index (χ4n) is 5.33. The molecule has 2 aliphatic rings. The average Bonchev–Trinajstić information content (AvgIpc) is 2.87. The number of pyridine rings is 2. The van der Waals surface area contributed by atoms with Gasteiger partial charge in [0.05, 0.1) is 16.9 Å². The van der Waals surface area contributed by atoms with Gasteiger partial charge in [-0.3, -0.25) is 0 Å². The molecular weight excluding hydrogens is 392 g/mol. The fourth-order valence-corrected chi connectivity index (χ4v) is 5.33. The second kappa shape index (κ2) is 7.76. The van der Waals surface area contributed by atoms with Gasteiger partial charge in [0.2, 0.25) is 0 Å². The van der Waals surface area contributed by atoms with E-state index in [0.29, 0.717) is 0 Å². The smallest absolute Gasteiger partial charge is 0.159 e. The molecule has 1 saturated heterocycles. The topological polar surface area (TPSA) is 52.8 Å². The first-order chi connectivity index (χ1) is 15.8. The molecule has 0 bridgehead atoms. The van der Waals surface area contributed by atoms with Crippen LogP contribution in [0.5, 0.6) is 0 Å². The summed E-state index contributed by atoms with van der Waals surface area (Å²) in [5.74, 6) is 0. The third kappa shape index (κ3) is 3.05. The molecule has 1 fully saturated rings. The molecule has 4 aromatic rings. The lowest BCUT2D eigenvalue weighted by molar-refractivity contribution is 0.577. The molecular formula is C28H24N4. The molecule has 156 valence electrons. The first kappa shape index (κ1) is 19.0. The minimum absolute atomic E-state index is 0.781. The minimum Gasteiger partial charge on any atom is -0.370 e. The molecule has 3 heterocycles. The highest BCUT2D eigenvalue weighted by Crippen LogP contribution is 2.45. The first-order valence-corrected chi connectivity index (χ1v) is 11.5. The van der Waals surface area contributed by atoms with Gasteiger partial charge in [-0.1, -0.05) is 30.3 Å². The Hall–Kier alpha value is -3.71. The molecule has 0 saturated carbocycles. The quantitative estimate of drug-likeness (QED) is 0.407. The van der Waals surface area contributed by atoms with Crippen LogP contribution in [0.15, 0.2) is 60.8 Å². The Bertz CT molecular complexity index is 1360. The Kier molecular flexibility index (Phi) is 4.61. The van der Waals surface area contributed by atoms with Crippen molar-refractivity contribution >= 4 is 16.7 Å². The van der Waals surface area contributed by atoms with Crippen LogP contribution in [0, 0.1) is 11.3 Å². The monoisotopic (exact) mass is 416 g/mol. The maximum atomic E-state index is 10.4. The zero-order valence-electron chi connectivity index (χ0n) is 18.0. The number of benzene rings is 2. The second-order valence-corrected chi connectivity index (χ2v) is 8.73. The van der Waals surface area contributed by atoms with E-state index in [1.807, 2.05) is 6.07 Å². The van der Waals surface area contributed by atoms with Gasteiger partial charge in [-0.2, -0.15) is 5.26 Å². The van der Waals surface area contributed by atoms with Crippen LogP contribution in [0.25, 0.3) is 33.3 Å². The molecule has 32 heavy (non-hydrogen) atoms. The van der Waals surface area contributed by atoms with Gasteiger partial charge in [-0.25, -0.2) is 9.97 Å². The Balaban J connectivity index is 1.67. The van der Waals surface area contributed by atoms with Gasteiger partial charge in [-0.05, 0) is 73.1 Å². The van der Waals surface area contributed by atoms with E-state index in [9.17, 15) is 5.26 Å². The number of rotatable bonds is 2. The Morgan fingerprint density at radius 3 is 2.53 bits per heavy atom. The van der Waals surface area contributed by atoms with E-state index in [-0.39, 0.29) is 0 Å². The molecule has 1 aliphatic heterocycles. The van der Waals surface area contributed by atoms with Gasteiger partial charge in [0, 0.05) is 35.8 Å². The zero-order valence-corrected chi connectivity index (χ0v) is 18.0. The first-order valence-electron chi connectivity index (χ1n) is 11.5. The molecule has 0 radical (unpaired) electrons. The Morgan fingerprint density at radius 2 is 1.72 bits per heavy atom. The summed E-state index contributed by atoms with van der Waals surface area (Å²) < 4.78 is 0. The lowest BCUT2D eigenvalue weighted by atomic mass is 9.80. The largest absolute Gasteiger partial charge is 0.370 e. The van der Waals surface area contributed by atoms with Crippen LogP contribution in [0.2, 0.25) is 0 Å². The summed E-state index contributed by atoms with van der Waals surface area (Å²) in [6.45, 7) is 2.02. The third-order valence-corrected chi connectivity index (χ3v) is 6.86. The third-order valence-electron chi connectivity index (χ3n) is 6.86. The highest BCUT2D eigenvalue weighted by molar-refractivity contribution is 5.93. The Morgan fingerprint density at radius 1 is 0.875 bits per heavy atom. The normalized spacial score (nSPS) is 15.2. The predicted molar refractivity (Wildman–Crippen MR) is 129 cm³/mol. The van der Waals surface area contributed by atoms with E-state index in [1.165, 1.54) is 36.0 Å². The molecule has 0 amide bonds. The number of nitrogens with zero attached hydrogens (tertiary/aromatic N) is 4. The minimum atomic E-state index is 0.781. The number of aryl methyl sites for hydroxylation is 1. The van der Waals surface area contributed by atoms with Crippen LogP contribution < -0.4 is 4.90 Å². The lowest BCUT2D eigenvalue weighted by Gasteiger charge is -2.33. The number of piperidine rings is 1. The number of hydrogen-bond donors (Lipinski definition) is 0. The Labute approximate surface area is 188 Å². The SMILES string of the molecule is N#Cc1c(N2CCCCC2)cc(-c2ccccc2)c2c1-c1cc3cccnc3nc1CC2. The van der Waals surface area contributed by atoms with Gasteiger partial charge in [-0.15, -0.1) is 0 Å². The van der Waals surface area contributed by atoms with E-state index in [4.69, 9.17) is 4.98 Å². The summed E-state index contributed by atoms with van der Waals surface area (Å²) in [5, 5.41) is 11.4. The molecule has 0 N–H and O–H groups in total. The molecule has 6 rings (SSSR count). The molecule has 1 aliphatic carbocycles. The van der Waals surface area contributed by atoms with Crippen molar-refractivity contribution in [2.75, 3.05) is 18.0 Å². The van der Waals surface area contributed by atoms with Gasteiger partial charge in [0.25, 0.3) is 0 Å². The van der Waals surface area contributed by atoms with Crippen molar-refractivity contribution < 1.29 is 0 Å². The summed E-state index contributed by atoms with van der Waals surface area (Å²) in [4.78, 5) is 11.8. The van der Waals surface area contributed by atoms with E-state index in [2.05, 4.69) is 64.5 Å². The molecule has 4 nitrogen and oxygen atoms in total. The summed E-state index contributed by atoms with van der Waals surface area (Å²) in [6.07, 6.45) is 7.16. The van der Waals surface area contributed by atoms with Crippen molar-refractivity contribution in [3.05, 3.63) is 77.6 Å². The number of nitriles is 1. The number of hydrogen-bond acceptors (Lipinski definition) is 4. The molecule has 0 atom stereocenters. The summed E-state index contributed by atoms with van der Waals surface area (Å²) >= 11 is 0. The summed E-state index contributed by atoms with van der Waals surface area (Å²) in [6, 6.07) is 21.7. The summed E-state index contributed by atoms with van der Waals surface area (Å²) in [7, 11) is 0. The van der Waals surface area contributed by atoms with Crippen LogP contribution in [0.4, 0.5) is 5.69 Å². The van der Waals surface area contributed by atoms with Gasteiger partial charge >= 0.3 is 0 Å². The predicted octanol–water partition coefficient (Wildman–Crippen LogP) is 5.92. The average molecular weight is 417 g/mol. The maximum Gasteiger partial charge on any atom is 0.159 e.